The SMILES string of the molecule is [Cd+2].[c-]1ccc2oc3ccccc3c2c1.[c-]1ccc2oc3ccccc3c2c1. The summed E-state index contributed by atoms with van der Waals surface area (Å²) >= 11 is 0. The van der Waals surface area contributed by atoms with Gasteiger partial charge < -0.3 is 8.83 Å². The van der Waals surface area contributed by atoms with Gasteiger partial charge in [0.2, 0.25) is 0 Å². The van der Waals surface area contributed by atoms with Crippen LogP contribution in [-0.4, -0.2) is 0 Å². The summed E-state index contributed by atoms with van der Waals surface area (Å²) < 4.78 is 11.3. The van der Waals surface area contributed by atoms with E-state index < -0.39 is 0 Å². The van der Waals surface area contributed by atoms with E-state index in [1.807, 2.05) is 72.8 Å². The zero-order valence-electron chi connectivity index (χ0n) is 14.6. The van der Waals surface area contributed by atoms with Crippen LogP contribution in [0.3, 0.4) is 0 Å². The molecule has 4 aromatic carbocycles. The van der Waals surface area contributed by atoms with Crippen molar-refractivity contribution in [3.05, 3.63) is 97.1 Å². The molecule has 0 fully saturated rings. The molecule has 0 radical (unpaired) electrons. The average Bonchev–Trinajstić information content (AvgIpc) is 3.27. The predicted octanol–water partition coefficient (Wildman–Crippen LogP) is 6.77. The van der Waals surface area contributed by atoms with E-state index in [1.165, 1.54) is 0 Å². The molecule has 0 amide bonds. The minimum absolute atomic E-state index is 0. The van der Waals surface area contributed by atoms with Crippen LogP contribution in [0.2, 0.25) is 0 Å². The number of rotatable bonds is 0. The quantitative estimate of drug-likeness (QED) is 0.190. The summed E-state index contributed by atoms with van der Waals surface area (Å²) in [6.07, 6.45) is 0. The Kier molecular flexibility index (Phi) is 4.99. The molecule has 0 bridgehead atoms. The molecule has 2 heterocycles. The minimum atomic E-state index is 0. The van der Waals surface area contributed by atoms with Gasteiger partial charge in [-0.1, -0.05) is 47.2 Å². The van der Waals surface area contributed by atoms with Gasteiger partial charge in [0.25, 0.3) is 0 Å². The zero-order valence-corrected chi connectivity index (χ0v) is 18.6. The number of furan rings is 2. The summed E-state index contributed by atoms with van der Waals surface area (Å²) in [7, 11) is 0. The summed E-state index contributed by atoms with van der Waals surface area (Å²) in [6.45, 7) is 0. The monoisotopic (exact) mass is 448 g/mol. The Balaban J connectivity index is 0.000000129. The van der Waals surface area contributed by atoms with Crippen molar-refractivity contribution in [3.63, 3.8) is 0 Å². The Labute approximate surface area is 176 Å². The second kappa shape index (κ2) is 7.56. The van der Waals surface area contributed by atoms with E-state index in [4.69, 9.17) is 8.83 Å². The fourth-order valence-corrected chi connectivity index (χ4v) is 3.22. The summed E-state index contributed by atoms with van der Waals surface area (Å²) in [5, 5.41) is 4.60. The first-order chi connectivity index (χ1) is 12.9. The summed E-state index contributed by atoms with van der Waals surface area (Å²) in [6, 6.07) is 33.7. The van der Waals surface area contributed by atoms with Gasteiger partial charge >= 0.3 is 27.3 Å². The van der Waals surface area contributed by atoms with Crippen molar-refractivity contribution >= 4 is 43.9 Å². The van der Waals surface area contributed by atoms with Crippen molar-refractivity contribution in [2.75, 3.05) is 0 Å². The second-order valence-electron chi connectivity index (χ2n) is 6.04. The Hall–Kier alpha value is -2.60. The maximum absolute atomic E-state index is 5.63. The van der Waals surface area contributed by atoms with E-state index in [1.54, 1.807) is 0 Å². The van der Waals surface area contributed by atoms with Crippen LogP contribution in [0.5, 0.6) is 0 Å². The van der Waals surface area contributed by atoms with E-state index >= 15 is 0 Å². The van der Waals surface area contributed by atoms with Gasteiger partial charge in [0.15, 0.2) is 0 Å². The van der Waals surface area contributed by atoms with Crippen LogP contribution in [0.4, 0.5) is 0 Å². The molecule has 6 rings (SSSR count). The van der Waals surface area contributed by atoms with Crippen molar-refractivity contribution in [1.82, 2.24) is 0 Å². The Bertz CT molecular complexity index is 1140. The molecule has 3 heteroatoms. The van der Waals surface area contributed by atoms with Gasteiger partial charge in [-0.05, 0) is 22.9 Å². The second-order valence-corrected chi connectivity index (χ2v) is 6.04. The van der Waals surface area contributed by atoms with Gasteiger partial charge in [-0.15, -0.1) is 12.1 Å². The van der Waals surface area contributed by atoms with Crippen molar-refractivity contribution in [2.24, 2.45) is 0 Å². The van der Waals surface area contributed by atoms with Gasteiger partial charge in [-0.2, -0.15) is 36.4 Å². The maximum atomic E-state index is 5.63. The third-order valence-corrected chi connectivity index (χ3v) is 4.44. The predicted molar refractivity (Wildman–Crippen MR) is 105 cm³/mol. The molecular formula is C24H14CdO2. The van der Waals surface area contributed by atoms with Gasteiger partial charge in [-0.3, -0.25) is 0 Å². The normalized spacial score (nSPS) is 10.7. The van der Waals surface area contributed by atoms with Crippen LogP contribution < -0.4 is 0 Å². The topological polar surface area (TPSA) is 26.3 Å². The number of hydrogen-bond donors (Lipinski definition) is 0. The van der Waals surface area contributed by atoms with Crippen molar-refractivity contribution in [1.29, 1.82) is 0 Å². The smallest absolute Gasteiger partial charge is 0.483 e. The Morgan fingerprint density at radius 2 is 0.889 bits per heavy atom. The van der Waals surface area contributed by atoms with E-state index in [2.05, 4.69) is 24.3 Å². The maximum Gasteiger partial charge on any atom is 2.00 e. The largest absolute Gasteiger partial charge is 2.00 e. The molecule has 2 nitrogen and oxygen atoms in total. The standard InChI is InChI=1S/2C12H7O.Cd/c2*1-3-7-11-9(5-1)10-6-2-4-8-12(10)13-11;/h2*1,3-8H;/q2*-1;+2. The van der Waals surface area contributed by atoms with Gasteiger partial charge in [0, 0.05) is 11.2 Å². The fraction of sp³-hybridized carbons (Fsp3) is 0. The van der Waals surface area contributed by atoms with Crippen LogP contribution in [-0.2, 0) is 27.3 Å². The molecule has 0 aliphatic rings. The van der Waals surface area contributed by atoms with E-state index in [0.29, 0.717) is 0 Å². The summed E-state index contributed by atoms with van der Waals surface area (Å²) in [4.78, 5) is 0. The number of fused-ring (bicyclic) bond motifs is 6. The molecule has 0 N–H and O–H groups in total. The first-order valence-electron chi connectivity index (χ1n) is 8.45. The fourth-order valence-electron chi connectivity index (χ4n) is 3.22. The van der Waals surface area contributed by atoms with E-state index in [0.717, 1.165) is 43.9 Å². The van der Waals surface area contributed by atoms with E-state index in [9.17, 15) is 0 Å². The summed E-state index contributed by atoms with van der Waals surface area (Å²) in [5.41, 5.74) is 3.74. The first-order valence-corrected chi connectivity index (χ1v) is 8.45. The Morgan fingerprint density at radius 1 is 0.481 bits per heavy atom. The number of benzene rings is 4. The van der Waals surface area contributed by atoms with Gasteiger partial charge in [0.05, 0.1) is 0 Å². The van der Waals surface area contributed by atoms with Crippen LogP contribution >= 0.6 is 0 Å². The number of hydrogen-bond acceptors (Lipinski definition) is 2. The van der Waals surface area contributed by atoms with Gasteiger partial charge in [0.1, 0.15) is 11.2 Å². The van der Waals surface area contributed by atoms with Crippen LogP contribution in [0.25, 0.3) is 43.9 Å². The molecule has 0 unspecified atom stereocenters. The van der Waals surface area contributed by atoms with Crippen molar-refractivity contribution in [2.45, 2.75) is 0 Å². The third-order valence-electron chi connectivity index (χ3n) is 4.44. The van der Waals surface area contributed by atoms with Gasteiger partial charge in [-0.25, -0.2) is 0 Å². The molecule has 0 atom stereocenters. The third kappa shape index (κ3) is 3.25. The first kappa shape index (κ1) is 17.8. The molecule has 0 spiro atoms. The molecule has 0 aliphatic heterocycles. The van der Waals surface area contributed by atoms with Crippen LogP contribution in [0, 0.1) is 12.1 Å². The molecular weight excluding hydrogens is 433 g/mol. The molecule has 27 heavy (non-hydrogen) atoms. The summed E-state index contributed by atoms with van der Waals surface area (Å²) in [5.74, 6) is 0. The van der Waals surface area contributed by atoms with Crippen molar-refractivity contribution in [3.8, 4) is 0 Å². The minimum Gasteiger partial charge on any atom is -0.483 e. The van der Waals surface area contributed by atoms with Crippen LogP contribution in [0.15, 0.2) is 93.8 Å². The molecule has 0 saturated carbocycles. The molecule has 0 saturated heterocycles. The number of para-hydroxylation sites is 2. The molecule has 124 valence electrons. The van der Waals surface area contributed by atoms with Crippen molar-refractivity contribution < 1.29 is 36.1 Å². The molecule has 2 aromatic heterocycles. The Morgan fingerprint density at radius 3 is 1.37 bits per heavy atom. The van der Waals surface area contributed by atoms with E-state index in [-0.39, 0.29) is 27.3 Å². The van der Waals surface area contributed by atoms with Crippen LogP contribution in [0.1, 0.15) is 0 Å². The molecule has 6 aromatic rings. The zero-order chi connectivity index (χ0) is 17.3. The average molecular weight is 447 g/mol. The molecule has 0 aliphatic carbocycles.